The Bertz CT molecular complexity index is 753. The van der Waals surface area contributed by atoms with E-state index in [1.807, 2.05) is 0 Å². The molecule has 1 aromatic heterocycles. The van der Waals surface area contributed by atoms with E-state index in [4.69, 9.17) is 14.2 Å². The minimum absolute atomic E-state index is 0.105. The van der Waals surface area contributed by atoms with E-state index in [-0.39, 0.29) is 12.3 Å². The van der Waals surface area contributed by atoms with Gasteiger partial charge in [0.1, 0.15) is 12.6 Å². The lowest BCUT2D eigenvalue weighted by atomic mass is 10.1. The maximum atomic E-state index is 11.7. The maximum absolute atomic E-state index is 11.7. The fourth-order valence-electron chi connectivity index (χ4n) is 2.65. The van der Waals surface area contributed by atoms with Crippen LogP contribution in [0.4, 0.5) is 0 Å². The molecule has 1 aromatic rings. The molecular weight excluding hydrogens is 359 g/mol. The first-order valence-electron chi connectivity index (χ1n) is 7.13. The third-order valence-corrected chi connectivity index (χ3v) is 4.34. The topological polar surface area (TPSA) is 154 Å². The van der Waals surface area contributed by atoms with Crippen LogP contribution in [-0.4, -0.2) is 50.0 Å². The highest BCUT2D eigenvalue weighted by atomic mass is 31.2. The number of ether oxygens (including phenoxy) is 3. The first kappa shape index (κ1) is 19.1. The summed E-state index contributed by atoms with van der Waals surface area (Å²) in [5.41, 5.74) is -0.701. The van der Waals surface area contributed by atoms with Gasteiger partial charge in [-0.2, -0.15) is 0 Å². The zero-order valence-electron chi connectivity index (χ0n) is 13.6. The van der Waals surface area contributed by atoms with E-state index in [1.54, 1.807) is 0 Å². The number of hydrogen-bond donors (Lipinski definition) is 2. The standard InChI is InChI=1S/C13H17N2O9P/c1-6(16)22-4-9-11(23-7(2)17)12(24-8(3)18)10-13(25(19,20)21)14-5-15(9)10/h5,9,11-12H,4H2,1-3H3,(H2,19,20,21)/t9-,11-,12-/m1/s1. The van der Waals surface area contributed by atoms with Gasteiger partial charge >= 0.3 is 25.5 Å². The van der Waals surface area contributed by atoms with E-state index < -0.39 is 49.2 Å². The number of nitrogens with zero attached hydrogens (tertiary/aromatic N) is 2. The van der Waals surface area contributed by atoms with E-state index in [2.05, 4.69) is 4.98 Å². The fourth-order valence-corrected chi connectivity index (χ4v) is 3.39. The summed E-state index contributed by atoms with van der Waals surface area (Å²) in [5, 5.41) is 0. The minimum Gasteiger partial charge on any atom is -0.464 e. The molecule has 0 unspecified atom stereocenters. The first-order valence-corrected chi connectivity index (χ1v) is 8.74. The molecule has 0 saturated heterocycles. The largest absolute Gasteiger partial charge is 0.464 e. The zero-order valence-corrected chi connectivity index (χ0v) is 14.5. The number of rotatable bonds is 5. The molecular formula is C13H17N2O9P. The second kappa shape index (κ2) is 6.95. The van der Waals surface area contributed by atoms with Crippen LogP contribution >= 0.6 is 7.60 Å². The Kier molecular flexibility index (Phi) is 5.31. The maximum Gasteiger partial charge on any atom is 0.376 e. The van der Waals surface area contributed by atoms with E-state index >= 15 is 0 Å². The molecule has 0 bridgehead atoms. The van der Waals surface area contributed by atoms with Crippen LogP contribution < -0.4 is 5.44 Å². The molecule has 0 aromatic carbocycles. The Balaban J connectivity index is 2.54. The molecule has 25 heavy (non-hydrogen) atoms. The Hall–Kier alpha value is -2.23. The molecule has 0 spiro atoms. The molecule has 2 N–H and O–H groups in total. The molecule has 0 radical (unpaired) electrons. The van der Waals surface area contributed by atoms with Crippen molar-refractivity contribution in [2.24, 2.45) is 0 Å². The Morgan fingerprint density at radius 3 is 2.24 bits per heavy atom. The van der Waals surface area contributed by atoms with Gasteiger partial charge < -0.3 is 28.6 Å². The molecule has 3 atom stereocenters. The second-order valence-electron chi connectivity index (χ2n) is 5.38. The molecule has 11 nitrogen and oxygen atoms in total. The van der Waals surface area contributed by atoms with Crippen molar-refractivity contribution in [1.82, 2.24) is 9.55 Å². The minimum atomic E-state index is -4.79. The third-order valence-electron chi connectivity index (χ3n) is 3.44. The molecule has 0 aliphatic carbocycles. The van der Waals surface area contributed by atoms with Crippen LogP contribution in [0.3, 0.4) is 0 Å². The quantitative estimate of drug-likeness (QED) is 0.384. The number of fused-ring (bicyclic) bond motifs is 1. The summed E-state index contributed by atoms with van der Waals surface area (Å²) in [6.45, 7) is 3.13. The lowest BCUT2D eigenvalue weighted by Crippen LogP contribution is -2.32. The van der Waals surface area contributed by atoms with E-state index in [1.165, 1.54) is 11.5 Å². The van der Waals surface area contributed by atoms with E-state index in [0.717, 1.165) is 20.2 Å². The number of carbonyl (C=O) groups excluding carboxylic acids is 3. The highest BCUT2D eigenvalue weighted by Crippen LogP contribution is 2.44. The molecule has 2 rings (SSSR count). The van der Waals surface area contributed by atoms with Crippen molar-refractivity contribution in [3.8, 4) is 0 Å². The summed E-state index contributed by atoms with van der Waals surface area (Å²) in [7, 11) is -4.79. The third kappa shape index (κ3) is 4.06. The smallest absolute Gasteiger partial charge is 0.376 e. The molecule has 0 fully saturated rings. The molecule has 1 aliphatic heterocycles. The van der Waals surface area contributed by atoms with Crippen LogP contribution in [0.25, 0.3) is 0 Å². The van der Waals surface area contributed by atoms with Crippen molar-refractivity contribution in [2.45, 2.75) is 39.0 Å². The van der Waals surface area contributed by atoms with Gasteiger partial charge in [0, 0.05) is 20.8 Å². The van der Waals surface area contributed by atoms with Gasteiger partial charge in [-0.15, -0.1) is 0 Å². The van der Waals surface area contributed by atoms with Gasteiger partial charge in [-0.05, 0) is 0 Å². The van der Waals surface area contributed by atoms with Crippen LogP contribution in [0.1, 0.15) is 38.6 Å². The molecule has 1 aliphatic rings. The van der Waals surface area contributed by atoms with Crippen molar-refractivity contribution in [1.29, 1.82) is 0 Å². The molecule has 0 amide bonds. The summed E-state index contributed by atoms with van der Waals surface area (Å²) >= 11 is 0. The summed E-state index contributed by atoms with van der Waals surface area (Å²) < 4.78 is 28.2. The van der Waals surface area contributed by atoms with E-state index in [9.17, 15) is 28.7 Å². The van der Waals surface area contributed by atoms with Gasteiger partial charge in [0.05, 0.1) is 12.0 Å². The highest BCUT2D eigenvalue weighted by Gasteiger charge is 2.50. The van der Waals surface area contributed by atoms with Crippen molar-refractivity contribution in [2.75, 3.05) is 6.61 Å². The van der Waals surface area contributed by atoms with Gasteiger partial charge in [-0.1, -0.05) is 0 Å². The van der Waals surface area contributed by atoms with Crippen LogP contribution in [0.5, 0.6) is 0 Å². The lowest BCUT2D eigenvalue weighted by Gasteiger charge is -2.24. The molecule has 0 saturated carbocycles. The van der Waals surface area contributed by atoms with Gasteiger partial charge in [-0.3, -0.25) is 18.9 Å². The molecule has 2 heterocycles. The summed E-state index contributed by atoms with van der Waals surface area (Å²) in [5.74, 6) is -2.06. The van der Waals surface area contributed by atoms with Crippen LogP contribution in [0.15, 0.2) is 6.33 Å². The number of imidazole rings is 1. The molecule has 138 valence electrons. The predicted octanol–water partition coefficient (Wildman–Crippen LogP) is -0.660. The number of hydrogen-bond acceptors (Lipinski definition) is 8. The van der Waals surface area contributed by atoms with E-state index in [0.29, 0.717) is 0 Å². The number of carbonyl (C=O) groups is 3. The predicted molar refractivity (Wildman–Crippen MR) is 79.6 cm³/mol. The van der Waals surface area contributed by atoms with Gasteiger partial charge in [0.2, 0.25) is 0 Å². The van der Waals surface area contributed by atoms with Gasteiger partial charge in [-0.25, -0.2) is 4.98 Å². The van der Waals surface area contributed by atoms with Crippen LogP contribution in [-0.2, 0) is 33.2 Å². The SMILES string of the molecule is CC(=O)OC[C@@H]1[C@@H](OC(C)=O)[C@H](OC(C)=O)c2c(P(=O)(O)O)ncn21. The summed E-state index contributed by atoms with van der Waals surface area (Å²) in [6, 6.07) is -0.861. The second-order valence-corrected chi connectivity index (χ2v) is 6.89. The first-order chi connectivity index (χ1) is 11.5. The number of esters is 3. The number of aromatic nitrogens is 2. The zero-order chi connectivity index (χ0) is 18.9. The average Bonchev–Trinajstić information content (AvgIpc) is 2.96. The summed E-state index contributed by atoms with van der Waals surface area (Å²) in [6.07, 6.45) is -1.33. The van der Waals surface area contributed by atoms with Crippen LogP contribution in [0.2, 0.25) is 0 Å². The highest BCUT2D eigenvalue weighted by molar-refractivity contribution is 7.60. The Labute approximate surface area is 142 Å². The molecule has 12 heteroatoms. The van der Waals surface area contributed by atoms with Crippen molar-refractivity contribution in [3.05, 3.63) is 12.0 Å². The Morgan fingerprint density at radius 1 is 1.16 bits per heavy atom. The summed E-state index contributed by atoms with van der Waals surface area (Å²) in [4.78, 5) is 56.6. The van der Waals surface area contributed by atoms with Gasteiger partial charge in [0.15, 0.2) is 17.6 Å². The van der Waals surface area contributed by atoms with Gasteiger partial charge in [0.25, 0.3) is 0 Å². The van der Waals surface area contributed by atoms with Crippen molar-refractivity contribution in [3.63, 3.8) is 0 Å². The average molecular weight is 376 g/mol. The fraction of sp³-hybridized carbons (Fsp3) is 0.538. The lowest BCUT2D eigenvalue weighted by molar-refractivity contribution is -0.168. The normalized spacial score (nSPS) is 22.2. The monoisotopic (exact) mass is 376 g/mol. The van der Waals surface area contributed by atoms with Crippen molar-refractivity contribution >= 4 is 30.9 Å². The van der Waals surface area contributed by atoms with Crippen LogP contribution in [0, 0.1) is 0 Å². The van der Waals surface area contributed by atoms with Crippen molar-refractivity contribution < 1.29 is 42.9 Å². The Morgan fingerprint density at radius 2 is 1.76 bits per heavy atom.